The maximum Gasteiger partial charge on any atom is 0.306 e. The Balaban J connectivity index is 4.11. The molecule has 0 amide bonds. The van der Waals surface area contributed by atoms with Crippen molar-refractivity contribution in [1.82, 2.24) is 0 Å². The van der Waals surface area contributed by atoms with E-state index < -0.39 is 13.9 Å². The lowest BCUT2D eigenvalue weighted by Crippen LogP contribution is -2.37. The monoisotopic (exact) mass is 774 g/mol. The number of likely N-dealkylation sites (N-methyl/N-ethyl adjacent to an activating group) is 1. The quantitative estimate of drug-likeness (QED) is 0.0200. The summed E-state index contributed by atoms with van der Waals surface area (Å²) in [6.07, 6.45) is 40.8. The molecule has 0 rings (SSSR count). The minimum absolute atomic E-state index is 0.0288. The Hall–Kier alpha value is -0.760. The minimum atomic E-state index is -4.51. The molecule has 0 aliphatic rings. The first kappa shape index (κ1) is 52.2. The molecule has 0 radical (unpaired) electrons. The van der Waals surface area contributed by atoms with Crippen LogP contribution in [0.15, 0.2) is 12.2 Å². The first-order valence-electron chi connectivity index (χ1n) is 22.4. The molecule has 0 saturated carbocycles. The van der Waals surface area contributed by atoms with Crippen LogP contribution in [-0.2, 0) is 27.9 Å². The smallest absolute Gasteiger partial charge is 0.306 e. The lowest BCUT2D eigenvalue weighted by atomic mass is 10.1. The maximum atomic E-state index is 12.7. The Labute approximate surface area is 329 Å². The van der Waals surface area contributed by atoms with Gasteiger partial charge in [-0.15, -0.1) is 0 Å². The van der Waals surface area contributed by atoms with E-state index in [-0.39, 0.29) is 25.8 Å². The summed E-state index contributed by atoms with van der Waals surface area (Å²) in [5.41, 5.74) is 0. The molecule has 0 bridgehead atoms. The summed E-state index contributed by atoms with van der Waals surface area (Å²) in [7, 11) is 1.36. The van der Waals surface area contributed by atoms with E-state index >= 15 is 0 Å². The molecule has 0 N–H and O–H groups in total. The van der Waals surface area contributed by atoms with Crippen LogP contribution in [0.4, 0.5) is 0 Å². The van der Waals surface area contributed by atoms with Gasteiger partial charge in [0.1, 0.15) is 19.3 Å². The third-order valence-corrected chi connectivity index (χ3v) is 10.8. The third-order valence-electron chi connectivity index (χ3n) is 9.82. The molecule has 0 aliphatic carbocycles. The predicted octanol–water partition coefficient (Wildman–Crippen LogP) is 12.4. The minimum Gasteiger partial charge on any atom is -0.756 e. The predicted molar refractivity (Wildman–Crippen MR) is 222 cm³/mol. The number of carbonyl (C=O) groups excluding carboxylic acids is 1. The molecular formula is C44H88NO7P. The number of rotatable bonds is 42. The molecule has 0 fully saturated rings. The van der Waals surface area contributed by atoms with Gasteiger partial charge < -0.3 is 27.9 Å². The van der Waals surface area contributed by atoms with Gasteiger partial charge in [-0.25, -0.2) is 0 Å². The number of carbonyl (C=O) groups is 1. The van der Waals surface area contributed by atoms with Gasteiger partial charge in [-0.3, -0.25) is 9.36 Å². The summed E-state index contributed by atoms with van der Waals surface area (Å²) in [6.45, 7) is 5.43. The average molecular weight is 774 g/mol. The number of quaternary nitrogens is 1. The zero-order valence-corrected chi connectivity index (χ0v) is 36.6. The van der Waals surface area contributed by atoms with Crippen LogP contribution in [0.1, 0.15) is 206 Å². The van der Waals surface area contributed by atoms with Crippen molar-refractivity contribution in [2.75, 3.05) is 54.1 Å². The molecular weight excluding hydrogens is 685 g/mol. The van der Waals surface area contributed by atoms with Gasteiger partial charge in [0.05, 0.1) is 34.4 Å². The summed E-state index contributed by atoms with van der Waals surface area (Å²) < 4.78 is 34.5. The molecule has 0 saturated heterocycles. The summed E-state index contributed by atoms with van der Waals surface area (Å²) in [5.74, 6) is -0.334. The van der Waals surface area contributed by atoms with Gasteiger partial charge in [0.15, 0.2) is 0 Å². The summed E-state index contributed by atoms with van der Waals surface area (Å²) in [5, 5.41) is 0. The molecule has 2 unspecified atom stereocenters. The zero-order valence-electron chi connectivity index (χ0n) is 35.7. The van der Waals surface area contributed by atoms with Gasteiger partial charge in [-0.2, -0.15) is 0 Å². The molecule has 0 aromatic rings. The largest absolute Gasteiger partial charge is 0.756 e. The fraction of sp³-hybridized carbons (Fsp3) is 0.932. The van der Waals surface area contributed by atoms with E-state index in [1.165, 1.54) is 154 Å². The molecule has 0 aliphatic heterocycles. The van der Waals surface area contributed by atoms with E-state index in [1.54, 1.807) is 0 Å². The van der Waals surface area contributed by atoms with Crippen molar-refractivity contribution in [3.63, 3.8) is 0 Å². The van der Waals surface area contributed by atoms with E-state index in [1.807, 2.05) is 21.1 Å². The van der Waals surface area contributed by atoms with Gasteiger partial charge in [0, 0.05) is 13.0 Å². The number of nitrogens with zero attached hydrogens (tertiary/aromatic N) is 1. The van der Waals surface area contributed by atoms with Crippen molar-refractivity contribution >= 4 is 13.8 Å². The first-order valence-corrected chi connectivity index (χ1v) is 23.9. The van der Waals surface area contributed by atoms with Gasteiger partial charge >= 0.3 is 5.97 Å². The van der Waals surface area contributed by atoms with E-state index in [0.717, 1.165) is 32.1 Å². The fourth-order valence-electron chi connectivity index (χ4n) is 6.31. The highest BCUT2D eigenvalue weighted by molar-refractivity contribution is 7.45. The first-order chi connectivity index (χ1) is 25.6. The van der Waals surface area contributed by atoms with Gasteiger partial charge in [-0.05, 0) is 38.5 Å². The Morgan fingerprint density at radius 3 is 1.43 bits per heavy atom. The number of esters is 1. The Bertz CT molecular complexity index is 863. The van der Waals surface area contributed by atoms with Crippen LogP contribution in [0.2, 0.25) is 0 Å². The number of phosphoric acid groups is 1. The molecule has 0 spiro atoms. The SMILES string of the molecule is CCCCCCCCCC/C=C\CCCCCCCCCCCC(=O)OC(COCCCCCCCCCCCC)COP(=O)([O-])OCC[N+](C)(C)C. The zero-order chi connectivity index (χ0) is 39.1. The highest BCUT2D eigenvalue weighted by atomic mass is 31.2. The maximum absolute atomic E-state index is 12.7. The molecule has 9 heteroatoms. The van der Waals surface area contributed by atoms with Crippen molar-refractivity contribution in [3.8, 4) is 0 Å². The number of hydrogen-bond acceptors (Lipinski definition) is 7. The van der Waals surface area contributed by atoms with E-state index in [4.69, 9.17) is 18.5 Å². The number of ether oxygens (including phenoxy) is 2. The number of allylic oxidation sites excluding steroid dienone is 2. The fourth-order valence-corrected chi connectivity index (χ4v) is 7.03. The van der Waals surface area contributed by atoms with Crippen LogP contribution >= 0.6 is 7.82 Å². The van der Waals surface area contributed by atoms with Crippen LogP contribution in [0.5, 0.6) is 0 Å². The highest BCUT2D eigenvalue weighted by Crippen LogP contribution is 2.38. The molecule has 2 atom stereocenters. The van der Waals surface area contributed by atoms with Crippen LogP contribution in [-0.4, -0.2) is 70.7 Å². The standard InChI is InChI=1S/C44H88NO7P/c1-6-8-10-12-14-16-18-19-20-21-22-23-24-25-26-27-28-29-31-33-35-37-44(46)52-43(42-51-53(47,48)50-40-38-45(3,4)5)41-49-39-36-34-32-30-17-15-13-11-9-7-2/h21-22,43H,6-20,23-42H2,1-5H3/b22-21-. The van der Waals surface area contributed by atoms with Crippen LogP contribution in [0.25, 0.3) is 0 Å². The van der Waals surface area contributed by atoms with E-state index in [9.17, 15) is 14.3 Å². The molecule has 8 nitrogen and oxygen atoms in total. The lowest BCUT2D eigenvalue weighted by Gasteiger charge is -2.28. The number of phosphoric ester groups is 1. The Morgan fingerprint density at radius 1 is 0.566 bits per heavy atom. The molecule has 53 heavy (non-hydrogen) atoms. The highest BCUT2D eigenvalue weighted by Gasteiger charge is 2.20. The topological polar surface area (TPSA) is 94.1 Å². The second-order valence-corrected chi connectivity index (χ2v) is 17.8. The van der Waals surface area contributed by atoms with Gasteiger partial charge in [-0.1, -0.05) is 174 Å². The van der Waals surface area contributed by atoms with Crippen LogP contribution in [0, 0.1) is 0 Å². The van der Waals surface area contributed by atoms with E-state index in [0.29, 0.717) is 24.1 Å². The normalized spacial score (nSPS) is 13.8. The van der Waals surface area contributed by atoms with Gasteiger partial charge in [0.2, 0.25) is 0 Å². The van der Waals surface area contributed by atoms with Crippen LogP contribution < -0.4 is 4.89 Å². The molecule has 0 aromatic carbocycles. The third kappa shape index (κ3) is 42.2. The average Bonchev–Trinajstić information content (AvgIpc) is 3.11. The molecule has 316 valence electrons. The second kappa shape index (κ2) is 38.1. The van der Waals surface area contributed by atoms with Crippen molar-refractivity contribution in [2.45, 2.75) is 213 Å². The summed E-state index contributed by atoms with van der Waals surface area (Å²) >= 11 is 0. The Morgan fingerprint density at radius 2 is 0.981 bits per heavy atom. The Kier molecular flexibility index (Phi) is 37.6. The molecule has 0 aromatic heterocycles. The second-order valence-electron chi connectivity index (χ2n) is 16.4. The van der Waals surface area contributed by atoms with Gasteiger partial charge in [0.25, 0.3) is 7.82 Å². The van der Waals surface area contributed by atoms with Crippen molar-refractivity contribution < 1.29 is 37.3 Å². The van der Waals surface area contributed by atoms with Crippen molar-refractivity contribution in [2.24, 2.45) is 0 Å². The summed E-state index contributed by atoms with van der Waals surface area (Å²) in [4.78, 5) is 25.0. The van der Waals surface area contributed by atoms with Crippen molar-refractivity contribution in [3.05, 3.63) is 12.2 Å². The van der Waals surface area contributed by atoms with E-state index in [2.05, 4.69) is 26.0 Å². The lowest BCUT2D eigenvalue weighted by molar-refractivity contribution is -0.870. The summed E-state index contributed by atoms with van der Waals surface area (Å²) in [6, 6.07) is 0. The van der Waals surface area contributed by atoms with Crippen molar-refractivity contribution in [1.29, 1.82) is 0 Å². The van der Waals surface area contributed by atoms with Crippen LogP contribution in [0.3, 0.4) is 0 Å². The number of hydrogen-bond donors (Lipinski definition) is 0. The number of unbranched alkanes of at least 4 members (excludes halogenated alkanes) is 26. The molecule has 0 heterocycles.